The number of amides is 1. The monoisotopic (exact) mass is 429 g/mol. The number of carbonyl (C=O) groups is 1. The number of nitrogens with zero attached hydrogens (tertiary/aromatic N) is 3. The first kappa shape index (κ1) is 21.8. The van der Waals surface area contributed by atoms with Crippen LogP contribution >= 0.6 is 0 Å². The van der Waals surface area contributed by atoms with Gasteiger partial charge in [-0.05, 0) is 64.0 Å². The average Bonchev–Trinajstić information content (AvgIpc) is 2.79. The Kier molecular flexibility index (Phi) is 6.62. The van der Waals surface area contributed by atoms with E-state index in [1.165, 1.54) is 18.2 Å². The summed E-state index contributed by atoms with van der Waals surface area (Å²) in [5.74, 6) is -1.09. The Morgan fingerprint density at radius 2 is 1.74 bits per heavy atom. The maximum atomic E-state index is 14.2. The first-order valence-corrected chi connectivity index (χ1v) is 11.0. The van der Waals surface area contributed by atoms with Crippen molar-refractivity contribution in [2.75, 3.05) is 32.8 Å². The second-order valence-electron chi connectivity index (χ2n) is 8.59. The van der Waals surface area contributed by atoms with Gasteiger partial charge in [0.2, 0.25) is 5.91 Å². The lowest BCUT2D eigenvalue weighted by molar-refractivity contribution is -0.145. The molecule has 2 saturated heterocycles. The van der Waals surface area contributed by atoms with E-state index in [0.717, 1.165) is 25.9 Å². The van der Waals surface area contributed by atoms with Crippen molar-refractivity contribution in [3.05, 3.63) is 53.7 Å². The van der Waals surface area contributed by atoms with E-state index in [1.54, 1.807) is 18.2 Å². The van der Waals surface area contributed by atoms with E-state index in [9.17, 15) is 13.6 Å². The number of benzene rings is 1. The first-order chi connectivity index (χ1) is 14.9. The van der Waals surface area contributed by atoms with Crippen LogP contribution in [0.25, 0.3) is 11.3 Å². The summed E-state index contributed by atoms with van der Waals surface area (Å²) < 4.78 is 34.3. The van der Waals surface area contributed by atoms with E-state index in [-0.39, 0.29) is 23.1 Å². The fourth-order valence-corrected chi connectivity index (χ4v) is 4.46. The van der Waals surface area contributed by atoms with Gasteiger partial charge in [-0.15, -0.1) is 0 Å². The third kappa shape index (κ3) is 4.77. The van der Waals surface area contributed by atoms with Crippen LogP contribution in [-0.2, 0) is 9.53 Å². The molecule has 2 aliphatic heterocycles. The molecule has 2 aromatic rings. The molecule has 1 atom stereocenters. The van der Waals surface area contributed by atoms with Crippen molar-refractivity contribution in [3.8, 4) is 11.3 Å². The van der Waals surface area contributed by atoms with Gasteiger partial charge in [-0.25, -0.2) is 13.8 Å². The summed E-state index contributed by atoms with van der Waals surface area (Å²) in [6.07, 6.45) is 1.34. The lowest BCUT2D eigenvalue weighted by Gasteiger charge is -2.38. The third-order valence-electron chi connectivity index (χ3n) is 6.31. The van der Waals surface area contributed by atoms with Gasteiger partial charge >= 0.3 is 0 Å². The van der Waals surface area contributed by atoms with Crippen molar-refractivity contribution in [2.24, 2.45) is 5.92 Å². The molecule has 166 valence electrons. The molecule has 5 nitrogen and oxygen atoms in total. The molecule has 0 N–H and O–H groups in total. The molecule has 7 heteroatoms. The van der Waals surface area contributed by atoms with Crippen LogP contribution in [-0.4, -0.2) is 59.5 Å². The number of carbonyl (C=O) groups excluding carboxylic acids is 1. The van der Waals surface area contributed by atoms with Crippen LogP contribution in [0, 0.1) is 17.6 Å². The Bertz CT molecular complexity index is 909. The summed E-state index contributed by atoms with van der Waals surface area (Å²) in [5.41, 5.74) is 0.651. The highest BCUT2D eigenvalue weighted by atomic mass is 19.1. The number of pyridine rings is 1. The molecular weight excluding hydrogens is 400 g/mol. The van der Waals surface area contributed by atoms with Crippen LogP contribution in [0.5, 0.6) is 0 Å². The molecule has 2 fully saturated rings. The number of ether oxygens (including phenoxy) is 1. The molecule has 0 bridgehead atoms. The molecule has 1 aromatic carbocycles. The van der Waals surface area contributed by atoms with Gasteiger partial charge in [0.1, 0.15) is 17.7 Å². The number of aromatic nitrogens is 1. The van der Waals surface area contributed by atoms with Crippen LogP contribution in [0.15, 0.2) is 36.4 Å². The van der Waals surface area contributed by atoms with Crippen molar-refractivity contribution in [1.82, 2.24) is 14.8 Å². The van der Waals surface area contributed by atoms with E-state index < -0.39 is 17.7 Å². The Morgan fingerprint density at radius 3 is 2.42 bits per heavy atom. The molecule has 31 heavy (non-hydrogen) atoms. The minimum Gasteiger partial charge on any atom is -0.368 e. The Morgan fingerprint density at radius 1 is 1.06 bits per heavy atom. The summed E-state index contributed by atoms with van der Waals surface area (Å²) in [5, 5.41) is 0. The minimum absolute atomic E-state index is 0.0422. The molecule has 0 saturated carbocycles. The van der Waals surface area contributed by atoms with Gasteiger partial charge < -0.3 is 14.5 Å². The Balaban J connectivity index is 1.46. The van der Waals surface area contributed by atoms with Gasteiger partial charge in [-0.1, -0.05) is 12.1 Å². The van der Waals surface area contributed by atoms with Crippen molar-refractivity contribution in [1.29, 1.82) is 0 Å². The summed E-state index contributed by atoms with van der Waals surface area (Å²) >= 11 is 0. The SMILES string of the molecule is CC(C)N1CCC(C(=O)N2CCOC(c3cccc(-c4c(F)cccc4F)n3)C2)CC1. The predicted molar refractivity (Wildman–Crippen MR) is 114 cm³/mol. The third-order valence-corrected chi connectivity index (χ3v) is 6.31. The van der Waals surface area contributed by atoms with E-state index in [1.807, 2.05) is 4.90 Å². The van der Waals surface area contributed by atoms with Crippen LogP contribution in [0.1, 0.15) is 38.5 Å². The zero-order chi connectivity index (χ0) is 22.0. The normalized spacial score (nSPS) is 20.9. The molecule has 1 amide bonds. The fourth-order valence-electron chi connectivity index (χ4n) is 4.46. The summed E-state index contributed by atoms with van der Waals surface area (Å²) in [6.45, 7) is 7.63. The van der Waals surface area contributed by atoms with Crippen LogP contribution < -0.4 is 0 Å². The number of halogens is 2. The molecule has 3 heterocycles. The second kappa shape index (κ2) is 9.40. The van der Waals surface area contributed by atoms with Crippen LogP contribution in [0.3, 0.4) is 0 Å². The van der Waals surface area contributed by atoms with E-state index in [0.29, 0.717) is 31.4 Å². The largest absolute Gasteiger partial charge is 0.368 e. The molecule has 0 radical (unpaired) electrons. The van der Waals surface area contributed by atoms with Gasteiger partial charge in [0.15, 0.2) is 0 Å². The highest BCUT2D eigenvalue weighted by Gasteiger charge is 2.33. The second-order valence-corrected chi connectivity index (χ2v) is 8.59. The highest BCUT2D eigenvalue weighted by Crippen LogP contribution is 2.29. The summed E-state index contributed by atoms with van der Waals surface area (Å²) in [4.78, 5) is 21.9. The average molecular weight is 430 g/mol. The molecule has 2 aliphatic rings. The highest BCUT2D eigenvalue weighted by molar-refractivity contribution is 5.79. The maximum absolute atomic E-state index is 14.2. The minimum atomic E-state index is -0.654. The fraction of sp³-hybridized carbons (Fsp3) is 0.500. The van der Waals surface area contributed by atoms with Gasteiger partial charge in [0, 0.05) is 18.5 Å². The van der Waals surface area contributed by atoms with E-state index in [2.05, 4.69) is 23.7 Å². The van der Waals surface area contributed by atoms with Crippen molar-refractivity contribution >= 4 is 5.91 Å². The Hall–Kier alpha value is -2.38. The molecular formula is C24H29F2N3O2. The summed E-state index contributed by atoms with van der Waals surface area (Å²) in [6, 6.07) is 9.35. The quantitative estimate of drug-likeness (QED) is 0.736. The van der Waals surface area contributed by atoms with E-state index >= 15 is 0 Å². The van der Waals surface area contributed by atoms with Crippen molar-refractivity contribution < 1.29 is 18.3 Å². The Labute approximate surface area is 182 Å². The van der Waals surface area contributed by atoms with Crippen molar-refractivity contribution in [3.63, 3.8) is 0 Å². The topological polar surface area (TPSA) is 45.7 Å². The van der Waals surface area contributed by atoms with Crippen LogP contribution in [0.4, 0.5) is 8.78 Å². The van der Waals surface area contributed by atoms with Crippen LogP contribution in [0.2, 0.25) is 0 Å². The van der Waals surface area contributed by atoms with Gasteiger partial charge in [0.05, 0.1) is 30.1 Å². The standard InChI is InChI=1S/C24H29F2N3O2/c1-16(2)28-11-9-17(10-12-28)24(30)29-13-14-31-22(15-29)20-7-4-8-21(27-20)23-18(25)5-3-6-19(23)26/h3-8,16-17,22H,9-15H2,1-2H3. The summed E-state index contributed by atoms with van der Waals surface area (Å²) in [7, 11) is 0. The number of hydrogen-bond donors (Lipinski definition) is 0. The number of morpholine rings is 1. The number of likely N-dealkylation sites (tertiary alicyclic amines) is 1. The number of piperidine rings is 1. The van der Waals surface area contributed by atoms with E-state index in [4.69, 9.17) is 4.74 Å². The molecule has 4 rings (SSSR count). The van der Waals surface area contributed by atoms with Crippen molar-refractivity contribution in [2.45, 2.75) is 38.8 Å². The molecule has 0 spiro atoms. The van der Waals surface area contributed by atoms with Gasteiger partial charge in [0.25, 0.3) is 0 Å². The maximum Gasteiger partial charge on any atom is 0.225 e. The lowest BCUT2D eigenvalue weighted by Crippen LogP contribution is -2.48. The molecule has 0 aliphatic carbocycles. The molecule has 1 aromatic heterocycles. The first-order valence-electron chi connectivity index (χ1n) is 11.0. The zero-order valence-electron chi connectivity index (χ0n) is 18.1. The zero-order valence-corrected chi connectivity index (χ0v) is 18.1. The van der Waals surface area contributed by atoms with Gasteiger partial charge in [-0.3, -0.25) is 4.79 Å². The number of hydrogen-bond acceptors (Lipinski definition) is 4. The smallest absolute Gasteiger partial charge is 0.225 e. The number of rotatable bonds is 4. The molecule has 1 unspecified atom stereocenters. The predicted octanol–water partition coefficient (Wildman–Crippen LogP) is 4.05. The van der Waals surface area contributed by atoms with Gasteiger partial charge in [-0.2, -0.15) is 0 Å². The lowest BCUT2D eigenvalue weighted by atomic mass is 9.94.